The molecule has 2 bridgehead atoms. The zero-order valence-corrected chi connectivity index (χ0v) is 15.3. The van der Waals surface area contributed by atoms with Crippen LogP contribution >= 0.6 is 0 Å². The molecule has 6 nitrogen and oxygen atoms in total. The Hall–Kier alpha value is -2.22. The Labute approximate surface area is 157 Å². The number of halogens is 2. The van der Waals surface area contributed by atoms with Crippen molar-refractivity contribution >= 4 is 12.0 Å². The van der Waals surface area contributed by atoms with Crippen LogP contribution in [0.4, 0.5) is 13.6 Å². The number of ether oxygens (including phenoxy) is 1. The molecule has 2 heterocycles. The Morgan fingerprint density at radius 3 is 2.48 bits per heavy atom. The van der Waals surface area contributed by atoms with Gasteiger partial charge in [0.15, 0.2) is 11.6 Å². The number of amides is 2. The number of carbonyl (C=O) groups is 2. The molecule has 0 radical (unpaired) electrons. The summed E-state index contributed by atoms with van der Waals surface area (Å²) < 4.78 is 31.2. The van der Waals surface area contributed by atoms with E-state index in [1.807, 2.05) is 11.8 Å². The Morgan fingerprint density at radius 1 is 1.15 bits per heavy atom. The predicted octanol–water partition coefficient (Wildman–Crippen LogP) is 2.44. The molecule has 1 aromatic rings. The van der Waals surface area contributed by atoms with Gasteiger partial charge in [0.05, 0.1) is 6.61 Å². The Kier molecular flexibility index (Phi) is 6.26. The number of rotatable bonds is 6. The van der Waals surface area contributed by atoms with E-state index in [2.05, 4.69) is 10.6 Å². The second-order valence-corrected chi connectivity index (χ2v) is 7.00. The second-order valence-electron chi connectivity index (χ2n) is 7.00. The molecule has 148 valence electrons. The lowest BCUT2D eigenvalue weighted by Gasteiger charge is -2.38. The van der Waals surface area contributed by atoms with Gasteiger partial charge in [-0.3, -0.25) is 4.79 Å². The fourth-order valence-corrected chi connectivity index (χ4v) is 4.03. The number of hydrogen-bond acceptors (Lipinski definition) is 4. The normalized spacial score (nSPS) is 24.0. The van der Waals surface area contributed by atoms with Crippen molar-refractivity contribution in [3.8, 4) is 0 Å². The lowest BCUT2D eigenvalue weighted by Crippen LogP contribution is -2.52. The van der Waals surface area contributed by atoms with Crippen molar-refractivity contribution in [2.75, 3.05) is 19.7 Å². The summed E-state index contributed by atoms with van der Waals surface area (Å²) in [5.74, 6) is -2.45. The first-order valence-electron chi connectivity index (χ1n) is 9.41. The zero-order valence-electron chi connectivity index (χ0n) is 15.3. The highest BCUT2D eigenvalue weighted by molar-refractivity contribution is 5.94. The van der Waals surface area contributed by atoms with Crippen LogP contribution in [0.3, 0.4) is 0 Å². The largest absolute Gasteiger partial charge is 0.450 e. The monoisotopic (exact) mass is 381 g/mol. The summed E-state index contributed by atoms with van der Waals surface area (Å²) in [6.45, 7) is 3.14. The van der Waals surface area contributed by atoms with E-state index in [1.165, 1.54) is 6.07 Å². The van der Waals surface area contributed by atoms with Gasteiger partial charge in [0.2, 0.25) is 0 Å². The van der Waals surface area contributed by atoms with Crippen LogP contribution in [-0.2, 0) is 4.74 Å². The van der Waals surface area contributed by atoms with Gasteiger partial charge in [0.1, 0.15) is 0 Å². The van der Waals surface area contributed by atoms with Gasteiger partial charge in [-0.25, -0.2) is 13.6 Å². The number of carbonyl (C=O) groups excluding carboxylic acids is 2. The van der Waals surface area contributed by atoms with E-state index in [0.29, 0.717) is 19.7 Å². The molecule has 2 saturated heterocycles. The third kappa shape index (κ3) is 4.55. The summed E-state index contributed by atoms with van der Waals surface area (Å²) in [5.41, 5.74) is 0.0923. The molecule has 3 rings (SSSR count). The van der Waals surface area contributed by atoms with Gasteiger partial charge in [-0.05, 0) is 50.8 Å². The van der Waals surface area contributed by atoms with Crippen LogP contribution in [0.25, 0.3) is 0 Å². The van der Waals surface area contributed by atoms with Crippen LogP contribution in [0.15, 0.2) is 18.2 Å². The van der Waals surface area contributed by atoms with E-state index in [-0.39, 0.29) is 29.8 Å². The van der Waals surface area contributed by atoms with Crippen molar-refractivity contribution in [2.24, 2.45) is 0 Å². The first-order valence-corrected chi connectivity index (χ1v) is 9.41. The molecule has 1 aromatic carbocycles. The van der Waals surface area contributed by atoms with E-state index in [9.17, 15) is 18.4 Å². The van der Waals surface area contributed by atoms with Crippen LogP contribution < -0.4 is 10.6 Å². The Morgan fingerprint density at radius 2 is 1.85 bits per heavy atom. The summed E-state index contributed by atoms with van der Waals surface area (Å²) in [5, 5.41) is 6.11. The first-order chi connectivity index (χ1) is 13.0. The van der Waals surface area contributed by atoms with E-state index in [1.54, 1.807) is 0 Å². The van der Waals surface area contributed by atoms with Gasteiger partial charge in [-0.1, -0.05) is 0 Å². The summed E-state index contributed by atoms with van der Waals surface area (Å²) >= 11 is 0. The van der Waals surface area contributed by atoms with Crippen molar-refractivity contribution in [1.29, 1.82) is 0 Å². The zero-order chi connectivity index (χ0) is 19.4. The predicted molar refractivity (Wildman–Crippen MR) is 95.4 cm³/mol. The Bertz CT molecular complexity index is 687. The summed E-state index contributed by atoms with van der Waals surface area (Å²) in [6, 6.07) is 3.78. The van der Waals surface area contributed by atoms with Crippen LogP contribution in [0, 0.1) is 11.6 Å². The van der Waals surface area contributed by atoms with Crippen molar-refractivity contribution < 1.29 is 23.1 Å². The molecule has 2 aliphatic rings. The molecule has 2 amide bonds. The summed E-state index contributed by atoms with van der Waals surface area (Å²) in [4.78, 5) is 25.9. The highest BCUT2D eigenvalue weighted by atomic mass is 19.2. The average Bonchev–Trinajstić information content (AvgIpc) is 2.92. The summed E-state index contributed by atoms with van der Waals surface area (Å²) in [7, 11) is 0. The molecule has 2 aliphatic heterocycles. The number of fused-ring (bicyclic) bond motifs is 2. The fourth-order valence-electron chi connectivity index (χ4n) is 4.03. The van der Waals surface area contributed by atoms with Gasteiger partial charge < -0.3 is 20.3 Å². The molecule has 8 heteroatoms. The second kappa shape index (κ2) is 8.65. The summed E-state index contributed by atoms with van der Waals surface area (Å²) in [6.07, 6.45) is 3.50. The smallest absolute Gasteiger partial charge is 0.410 e. The third-order valence-corrected chi connectivity index (χ3v) is 5.24. The van der Waals surface area contributed by atoms with Gasteiger partial charge in [0.25, 0.3) is 5.91 Å². The fraction of sp³-hybridized carbons (Fsp3) is 0.579. The van der Waals surface area contributed by atoms with E-state index in [4.69, 9.17) is 4.74 Å². The standard InChI is InChI=1S/C19H25F2N3O3/c1-2-27-19(26)24-14-4-5-15(24)11-13(10-14)22-7-8-23-18(25)12-3-6-16(20)17(21)9-12/h3,6,9,13-15,22H,2,4-5,7-8,10-11H2,1H3,(H,23,25)/t13?,14-,15+. The van der Waals surface area contributed by atoms with E-state index in [0.717, 1.165) is 37.8 Å². The van der Waals surface area contributed by atoms with Gasteiger partial charge >= 0.3 is 6.09 Å². The molecule has 0 aromatic heterocycles. The molecular formula is C19H25F2N3O3. The van der Waals surface area contributed by atoms with Crippen LogP contribution in [0.2, 0.25) is 0 Å². The highest BCUT2D eigenvalue weighted by Gasteiger charge is 2.43. The molecule has 1 unspecified atom stereocenters. The third-order valence-electron chi connectivity index (χ3n) is 5.24. The number of nitrogens with one attached hydrogen (secondary N) is 2. The van der Waals surface area contributed by atoms with Crippen molar-refractivity contribution in [3.63, 3.8) is 0 Å². The van der Waals surface area contributed by atoms with Gasteiger partial charge in [-0.2, -0.15) is 0 Å². The van der Waals surface area contributed by atoms with Crippen LogP contribution in [0.5, 0.6) is 0 Å². The van der Waals surface area contributed by atoms with E-state index >= 15 is 0 Å². The van der Waals surface area contributed by atoms with Crippen molar-refractivity contribution in [2.45, 2.75) is 50.7 Å². The van der Waals surface area contributed by atoms with Crippen molar-refractivity contribution in [1.82, 2.24) is 15.5 Å². The number of nitrogens with zero attached hydrogens (tertiary/aromatic N) is 1. The lowest BCUT2D eigenvalue weighted by atomic mass is 9.98. The maximum atomic E-state index is 13.2. The van der Waals surface area contributed by atoms with Gasteiger partial charge in [-0.15, -0.1) is 0 Å². The maximum absolute atomic E-state index is 13.2. The topological polar surface area (TPSA) is 70.7 Å². The Balaban J connectivity index is 1.41. The average molecular weight is 381 g/mol. The van der Waals surface area contributed by atoms with Crippen LogP contribution in [-0.4, -0.2) is 54.7 Å². The number of benzene rings is 1. The number of hydrogen-bond donors (Lipinski definition) is 2. The highest BCUT2D eigenvalue weighted by Crippen LogP contribution is 2.36. The molecule has 0 saturated carbocycles. The van der Waals surface area contributed by atoms with Gasteiger partial charge in [0, 0.05) is 36.8 Å². The first kappa shape index (κ1) is 19.5. The SMILES string of the molecule is CCOC(=O)N1[C@@H]2CC[C@H]1CC(NCCNC(=O)c1ccc(F)c(F)c1)C2. The van der Waals surface area contributed by atoms with Crippen molar-refractivity contribution in [3.05, 3.63) is 35.4 Å². The van der Waals surface area contributed by atoms with E-state index < -0.39 is 17.5 Å². The molecule has 2 fully saturated rings. The van der Waals surface area contributed by atoms with Crippen LogP contribution in [0.1, 0.15) is 43.0 Å². The molecule has 0 spiro atoms. The maximum Gasteiger partial charge on any atom is 0.410 e. The quantitative estimate of drug-likeness (QED) is 0.743. The molecule has 0 aliphatic carbocycles. The minimum Gasteiger partial charge on any atom is -0.450 e. The number of piperidine rings is 1. The minimum absolute atomic E-state index is 0.0923. The molecular weight excluding hydrogens is 356 g/mol. The minimum atomic E-state index is -1.04. The lowest BCUT2D eigenvalue weighted by molar-refractivity contribution is 0.0659. The molecule has 2 N–H and O–H groups in total. The molecule has 3 atom stereocenters. The molecule has 27 heavy (non-hydrogen) atoms.